The molecule has 0 saturated carbocycles. The Morgan fingerprint density at radius 2 is 1.67 bits per heavy atom. The van der Waals surface area contributed by atoms with Gasteiger partial charge in [-0.15, -0.1) is 0 Å². The number of nitrogens with zero attached hydrogens (tertiary/aromatic N) is 5. The highest BCUT2D eigenvalue weighted by molar-refractivity contribution is 5.48. The fourth-order valence-electron chi connectivity index (χ4n) is 2.43. The lowest BCUT2D eigenvalue weighted by Crippen LogP contribution is -2.46. The summed E-state index contributed by atoms with van der Waals surface area (Å²) >= 11 is 0. The Hall–Kier alpha value is -2.27. The summed E-state index contributed by atoms with van der Waals surface area (Å²) in [7, 11) is 0. The molecule has 1 aromatic carbocycles. The second kappa shape index (κ2) is 6.95. The van der Waals surface area contributed by atoms with E-state index in [1.165, 1.54) is 5.56 Å². The standard InChI is InChI=1S/C16H19N5/c1-2-5-15(6-3-1)7-4-8-20-9-11-21(12-10-20)16-18-13-17-14-19-16/h1-7,13-14H,8-12H2/b7-4+. The van der Waals surface area contributed by atoms with Gasteiger partial charge in [0.25, 0.3) is 0 Å². The Balaban J connectivity index is 1.47. The van der Waals surface area contributed by atoms with Crippen LogP contribution in [-0.4, -0.2) is 52.6 Å². The molecule has 0 aliphatic carbocycles. The van der Waals surface area contributed by atoms with Crippen molar-refractivity contribution in [1.29, 1.82) is 0 Å². The monoisotopic (exact) mass is 281 g/mol. The molecular formula is C16H19N5. The summed E-state index contributed by atoms with van der Waals surface area (Å²) in [5, 5.41) is 0. The molecule has 1 fully saturated rings. The molecule has 0 bridgehead atoms. The summed E-state index contributed by atoms with van der Waals surface area (Å²) in [5.41, 5.74) is 1.25. The van der Waals surface area contributed by atoms with Gasteiger partial charge in [-0.1, -0.05) is 42.5 Å². The SMILES string of the molecule is C(=C\c1ccccc1)/CN1CCN(c2ncncn2)CC1. The summed E-state index contributed by atoms with van der Waals surface area (Å²) in [6.07, 6.45) is 7.51. The smallest absolute Gasteiger partial charge is 0.228 e. The van der Waals surface area contributed by atoms with E-state index >= 15 is 0 Å². The Bertz CT molecular complexity index is 562. The topological polar surface area (TPSA) is 45.2 Å². The van der Waals surface area contributed by atoms with Gasteiger partial charge in [-0.2, -0.15) is 0 Å². The molecule has 0 atom stereocenters. The number of piperazine rings is 1. The molecule has 5 nitrogen and oxygen atoms in total. The van der Waals surface area contributed by atoms with Crippen LogP contribution in [-0.2, 0) is 0 Å². The molecule has 1 aliphatic heterocycles. The maximum atomic E-state index is 4.20. The minimum absolute atomic E-state index is 0.782. The second-order valence-corrected chi connectivity index (χ2v) is 5.04. The minimum Gasteiger partial charge on any atom is -0.338 e. The number of hydrogen-bond acceptors (Lipinski definition) is 5. The lowest BCUT2D eigenvalue weighted by Gasteiger charge is -2.33. The molecule has 1 aromatic heterocycles. The highest BCUT2D eigenvalue weighted by Gasteiger charge is 2.17. The molecule has 0 N–H and O–H groups in total. The summed E-state index contributed by atoms with van der Waals surface area (Å²) in [4.78, 5) is 16.9. The van der Waals surface area contributed by atoms with Crippen LogP contribution in [0.2, 0.25) is 0 Å². The summed E-state index contributed by atoms with van der Waals surface area (Å²) in [6.45, 7) is 4.97. The molecule has 108 valence electrons. The Kier molecular flexibility index (Phi) is 4.53. The van der Waals surface area contributed by atoms with Crippen molar-refractivity contribution >= 4 is 12.0 Å². The first kappa shape index (κ1) is 13.7. The predicted molar refractivity (Wildman–Crippen MR) is 84.0 cm³/mol. The third-order valence-electron chi connectivity index (χ3n) is 3.61. The van der Waals surface area contributed by atoms with Gasteiger partial charge in [-0.05, 0) is 5.56 Å². The zero-order valence-corrected chi connectivity index (χ0v) is 12.0. The Labute approximate surface area is 125 Å². The zero-order valence-electron chi connectivity index (χ0n) is 12.0. The number of rotatable bonds is 4. The van der Waals surface area contributed by atoms with E-state index in [4.69, 9.17) is 0 Å². The fourth-order valence-corrected chi connectivity index (χ4v) is 2.43. The first-order chi connectivity index (χ1) is 10.4. The maximum Gasteiger partial charge on any atom is 0.228 e. The van der Waals surface area contributed by atoms with Crippen LogP contribution in [0.3, 0.4) is 0 Å². The van der Waals surface area contributed by atoms with Crippen molar-refractivity contribution < 1.29 is 0 Å². The highest BCUT2D eigenvalue weighted by Crippen LogP contribution is 2.09. The van der Waals surface area contributed by atoms with Crippen molar-refractivity contribution in [3.8, 4) is 0 Å². The number of benzene rings is 1. The first-order valence-electron chi connectivity index (χ1n) is 7.23. The quantitative estimate of drug-likeness (QED) is 0.853. The summed E-state index contributed by atoms with van der Waals surface area (Å²) in [6, 6.07) is 10.4. The third-order valence-corrected chi connectivity index (χ3v) is 3.61. The molecule has 0 radical (unpaired) electrons. The van der Waals surface area contributed by atoms with E-state index < -0.39 is 0 Å². The minimum atomic E-state index is 0.782. The van der Waals surface area contributed by atoms with Crippen LogP contribution in [0.15, 0.2) is 49.1 Å². The van der Waals surface area contributed by atoms with Crippen LogP contribution in [0.25, 0.3) is 6.08 Å². The molecule has 0 amide bonds. The average Bonchev–Trinajstić information content (AvgIpc) is 2.57. The van der Waals surface area contributed by atoms with E-state index in [0.717, 1.165) is 38.7 Å². The van der Waals surface area contributed by atoms with Crippen LogP contribution in [0, 0.1) is 0 Å². The molecule has 21 heavy (non-hydrogen) atoms. The molecule has 1 saturated heterocycles. The van der Waals surface area contributed by atoms with E-state index in [9.17, 15) is 0 Å². The number of anilines is 1. The predicted octanol–water partition coefficient (Wildman–Crippen LogP) is 1.71. The molecule has 2 heterocycles. The molecule has 3 rings (SSSR count). The second-order valence-electron chi connectivity index (χ2n) is 5.04. The van der Waals surface area contributed by atoms with Gasteiger partial charge in [0.1, 0.15) is 12.7 Å². The van der Waals surface area contributed by atoms with Gasteiger partial charge >= 0.3 is 0 Å². The van der Waals surface area contributed by atoms with E-state index in [1.807, 2.05) is 6.07 Å². The third kappa shape index (κ3) is 3.86. The van der Waals surface area contributed by atoms with Crippen LogP contribution >= 0.6 is 0 Å². The Morgan fingerprint density at radius 1 is 0.952 bits per heavy atom. The molecule has 0 spiro atoms. The van der Waals surface area contributed by atoms with Crippen molar-refractivity contribution in [2.24, 2.45) is 0 Å². The van der Waals surface area contributed by atoms with Crippen LogP contribution in [0.5, 0.6) is 0 Å². The van der Waals surface area contributed by atoms with Gasteiger partial charge in [0.15, 0.2) is 0 Å². The van der Waals surface area contributed by atoms with E-state index in [2.05, 4.69) is 61.2 Å². The molecular weight excluding hydrogens is 262 g/mol. The fraction of sp³-hybridized carbons (Fsp3) is 0.312. The first-order valence-corrected chi connectivity index (χ1v) is 7.23. The van der Waals surface area contributed by atoms with Crippen LogP contribution < -0.4 is 4.90 Å². The van der Waals surface area contributed by atoms with Crippen LogP contribution in [0.4, 0.5) is 5.95 Å². The van der Waals surface area contributed by atoms with E-state index in [0.29, 0.717) is 0 Å². The van der Waals surface area contributed by atoms with Crippen LogP contribution in [0.1, 0.15) is 5.56 Å². The zero-order chi connectivity index (χ0) is 14.3. The molecule has 1 aliphatic rings. The van der Waals surface area contributed by atoms with Crippen molar-refractivity contribution in [1.82, 2.24) is 19.9 Å². The van der Waals surface area contributed by atoms with Gasteiger partial charge in [0.2, 0.25) is 5.95 Å². The number of aromatic nitrogens is 3. The van der Waals surface area contributed by atoms with Gasteiger partial charge < -0.3 is 4.90 Å². The maximum absolute atomic E-state index is 4.20. The average molecular weight is 281 g/mol. The van der Waals surface area contributed by atoms with Gasteiger partial charge in [0.05, 0.1) is 0 Å². The molecule has 5 heteroatoms. The van der Waals surface area contributed by atoms with Crippen molar-refractivity contribution in [3.05, 3.63) is 54.6 Å². The molecule has 0 unspecified atom stereocenters. The van der Waals surface area contributed by atoms with E-state index in [1.54, 1.807) is 12.7 Å². The normalized spacial score (nSPS) is 16.5. The highest BCUT2D eigenvalue weighted by atomic mass is 15.3. The van der Waals surface area contributed by atoms with Crippen molar-refractivity contribution in [3.63, 3.8) is 0 Å². The van der Waals surface area contributed by atoms with Crippen molar-refractivity contribution in [2.75, 3.05) is 37.6 Å². The van der Waals surface area contributed by atoms with Gasteiger partial charge in [-0.3, -0.25) is 4.90 Å². The largest absolute Gasteiger partial charge is 0.338 e. The Morgan fingerprint density at radius 3 is 2.38 bits per heavy atom. The number of hydrogen-bond donors (Lipinski definition) is 0. The van der Waals surface area contributed by atoms with Crippen molar-refractivity contribution in [2.45, 2.75) is 0 Å². The lowest BCUT2D eigenvalue weighted by atomic mass is 10.2. The van der Waals surface area contributed by atoms with E-state index in [-0.39, 0.29) is 0 Å². The molecule has 2 aromatic rings. The summed E-state index contributed by atoms with van der Waals surface area (Å²) in [5.74, 6) is 0.782. The lowest BCUT2D eigenvalue weighted by molar-refractivity contribution is 0.283. The van der Waals surface area contributed by atoms with Gasteiger partial charge in [-0.25, -0.2) is 15.0 Å². The van der Waals surface area contributed by atoms with Gasteiger partial charge in [0, 0.05) is 32.7 Å². The summed E-state index contributed by atoms with van der Waals surface area (Å²) < 4.78 is 0.